The summed E-state index contributed by atoms with van der Waals surface area (Å²) in [5.41, 5.74) is 9.35. The van der Waals surface area contributed by atoms with Crippen LogP contribution in [-0.2, 0) is 0 Å². The molecule has 0 aliphatic carbocycles. The van der Waals surface area contributed by atoms with Gasteiger partial charge in [0.05, 0.1) is 17.4 Å². The van der Waals surface area contributed by atoms with Gasteiger partial charge in [0.1, 0.15) is 0 Å². The predicted molar refractivity (Wildman–Crippen MR) is 92.4 cm³/mol. The van der Waals surface area contributed by atoms with E-state index in [0.29, 0.717) is 11.4 Å². The number of aromatic nitrogens is 2. The maximum absolute atomic E-state index is 12.5. The van der Waals surface area contributed by atoms with Crippen LogP contribution in [0.3, 0.4) is 0 Å². The van der Waals surface area contributed by atoms with Crippen molar-refractivity contribution in [2.45, 2.75) is 0 Å². The highest BCUT2D eigenvalue weighted by atomic mass is 16.1. The largest absolute Gasteiger partial charge is 0.396 e. The highest BCUT2D eigenvalue weighted by molar-refractivity contribution is 6.18. The normalized spacial score (nSPS) is 11.0. The molecule has 0 saturated carbocycles. The first kappa shape index (κ1) is 13.3. The Hall–Kier alpha value is -3.34. The molecule has 0 unspecified atom stereocenters. The van der Waals surface area contributed by atoms with Gasteiger partial charge in [0.15, 0.2) is 5.69 Å². The Labute approximate surface area is 132 Å². The van der Waals surface area contributed by atoms with E-state index in [9.17, 15) is 4.79 Å². The van der Waals surface area contributed by atoms with E-state index in [4.69, 9.17) is 5.73 Å². The second-order valence-corrected chi connectivity index (χ2v) is 5.30. The molecule has 2 aromatic heterocycles. The van der Waals surface area contributed by atoms with Gasteiger partial charge in [-0.2, -0.15) is 0 Å². The molecule has 4 rings (SSSR count). The zero-order chi connectivity index (χ0) is 15.8. The molecule has 5 heteroatoms. The maximum Gasteiger partial charge on any atom is 0.276 e. The van der Waals surface area contributed by atoms with E-state index >= 15 is 0 Å². The molecule has 112 valence electrons. The number of H-pyrrole nitrogens is 1. The van der Waals surface area contributed by atoms with Crippen LogP contribution in [0.15, 0.2) is 60.8 Å². The zero-order valence-electron chi connectivity index (χ0n) is 12.2. The third-order valence-corrected chi connectivity index (χ3v) is 3.83. The highest BCUT2D eigenvalue weighted by Gasteiger charge is 2.17. The standard InChI is InChI=1S/C18H14N4O/c19-16-15-12-8-4-5-9-13(12)22-14(15)10-20-17(16)18(23)21-11-6-2-1-3-7-11/h1-10,22H,19H2,(H,21,23). The molecule has 0 saturated heterocycles. The van der Waals surface area contributed by atoms with Gasteiger partial charge in [-0.05, 0) is 18.2 Å². The molecule has 5 nitrogen and oxygen atoms in total. The summed E-state index contributed by atoms with van der Waals surface area (Å²) >= 11 is 0. The second kappa shape index (κ2) is 5.14. The Balaban J connectivity index is 1.83. The summed E-state index contributed by atoms with van der Waals surface area (Å²) in [6.07, 6.45) is 1.64. The zero-order valence-corrected chi connectivity index (χ0v) is 12.2. The smallest absolute Gasteiger partial charge is 0.276 e. The summed E-state index contributed by atoms with van der Waals surface area (Å²) in [7, 11) is 0. The number of nitrogens with one attached hydrogen (secondary N) is 2. The summed E-state index contributed by atoms with van der Waals surface area (Å²) in [4.78, 5) is 20.0. The number of para-hydroxylation sites is 2. The highest BCUT2D eigenvalue weighted by Crippen LogP contribution is 2.31. The molecule has 1 amide bonds. The van der Waals surface area contributed by atoms with E-state index in [1.54, 1.807) is 6.20 Å². The van der Waals surface area contributed by atoms with Gasteiger partial charge in [0, 0.05) is 22.0 Å². The molecule has 2 aromatic carbocycles. The molecule has 2 heterocycles. The number of nitrogens with zero attached hydrogens (tertiary/aromatic N) is 1. The number of nitrogens with two attached hydrogens (primary N) is 1. The van der Waals surface area contributed by atoms with Gasteiger partial charge in [-0.1, -0.05) is 36.4 Å². The number of rotatable bonds is 2. The van der Waals surface area contributed by atoms with Crippen molar-refractivity contribution < 1.29 is 4.79 Å². The van der Waals surface area contributed by atoms with Crippen molar-refractivity contribution in [1.82, 2.24) is 9.97 Å². The summed E-state index contributed by atoms with van der Waals surface area (Å²) in [6, 6.07) is 17.1. The van der Waals surface area contributed by atoms with Crippen molar-refractivity contribution >= 4 is 39.1 Å². The van der Waals surface area contributed by atoms with E-state index in [1.807, 2.05) is 54.6 Å². The molecule has 4 N–H and O–H groups in total. The number of hydrogen-bond donors (Lipinski definition) is 3. The van der Waals surface area contributed by atoms with Crippen LogP contribution in [0.1, 0.15) is 10.5 Å². The topological polar surface area (TPSA) is 83.8 Å². The molecule has 0 aliphatic heterocycles. The fourth-order valence-electron chi connectivity index (χ4n) is 2.76. The first-order chi connectivity index (χ1) is 11.2. The van der Waals surface area contributed by atoms with E-state index in [2.05, 4.69) is 15.3 Å². The van der Waals surface area contributed by atoms with Crippen LogP contribution in [-0.4, -0.2) is 15.9 Å². The average Bonchev–Trinajstić information content (AvgIpc) is 2.95. The van der Waals surface area contributed by atoms with Crippen LogP contribution in [0.5, 0.6) is 0 Å². The first-order valence-electron chi connectivity index (χ1n) is 7.25. The van der Waals surface area contributed by atoms with Gasteiger partial charge in [-0.25, -0.2) is 4.98 Å². The van der Waals surface area contributed by atoms with Gasteiger partial charge >= 0.3 is 0 Å². The Bertz CT molecular complexity index is 1020. The van der Waals surface area contributed by atoms with Crippen molar-refractivity contribution in [2.75, 3.05) is 11.1 Å². The van der Waals surface area contributed by atoms with Gasteiger partial charge in [-0.3, -0.25) is 4.79 Å². The summed E-state index contributed by atoms with van der Waals surface area (Å²) < 4.78 is 0. The van der Waals surface area contributed by atoms with Crippen molar-refractivity contribution in [3.05, 3.63) is 66.5 Å². The van der Waals surface area contributed by atoms with Crippen molar-refractivity contribution in [1.29, 1.82) is 0 Å². The number of fused-ring (bicyclic) bond motifs is 3. The van der Waals surface area contributed by atoms with Gasteiger partial charge in [0.25, 0.3) is 5.91 Å². The number of carbonyl (C=O) groups excluding carboxylic acids is 1. The quantitative estimate of drug-likeness (QED) is 0.529. The lowest BCUT2D eigenvalue weighted by molar-refractivity contribution is 0.102. The van der Waals surface area contributed by atoms with Crippen molar-refractivity contribution in [3.63, 3.8) is 0 Å². The third-order valence-electron chi connectivity index (χ3n) is 3.83. The van der Waals surface area contributed by atoms with Crippen LogP contribution in [0.25, 0.3) is 21.8 Å². The molecule has 0 atom stereocenters. The molecule has 23 heavy (non-hydrogen) atoms. The fraction of sp³-hybridized carbons (Fsp3) is 0. The molecule has 0 aliphatic rings. The van der Waals surface area contributed by atoms with E-state index < -0.39 is 0 Å². The number of hydrogen-bond acceptors (Lipinski definition) is 3. The Morgan fingerprint density at radius 2 is 1.74 bits per heavy atom. The summed E-state index contributed by atoms with van der Waals surface area (Å²) in [5, 5.41) is 4.62. The number of aromatic amines is 1. The number of pyridine rings is 1. The minimum atomic E-state index is -0.319. The molecule has 0 bridgehead atoms. The van der Waals surface area contributed by atoms with Crippen LogP contribution in [0.2, 0.25) is 0 Å². The number of nitrogen functional groups attached to an aromatic ring is 1. The van der Waals surface area contributed by atoms with Crippen molar-refractivity contribution in [3.8, 4) is 0 Å². The number of anilines is 2. The number of amides is 1. The molecule has 0 spiro atoms. The van der Waals surface area contributed by atoms with Gasteiger partial charge in [0.2, 0.25) is 0 Å². The Morgan fingerprint density at radius 3 is 2.57 bits per heavy atom. The molecule has 4 aromatic rings. The first-order valence-corrected chi connectivity index (χ1v) is 7.25. The third kappa shape index (κ3) is 2.19. The molecule has 0 fully saturated rings. The summed E-state index contributed by atoms with van der Waals surface area (Å²) in [6.45, 7) is 0. The SMILES string of the molecule is Nc1c(C(=O)Nc2ccccc2)ncc2[nH]c3ccccc3c12. The lowest BCUT2D eigenvalue weighted by atomic mass is 10.1. The van der Waals surface area contributed by atoms with E-state index in [0.717, 1.165) is 21.8 Å². The van der Waals surface area contributed by atoms with Crippen LogP contribution >= 0.6 is 0 Å². The minimum Gasteiger partial charge on any atom is -0.396 e. The predicted octanol–water partition coefficient (Wildman–Crippen LogP) is 3.55. The van der Waals surface area contributed by atoms with Crippen LogP contribution in [0.4, 0.5) is 11.4 Å². The van der Waals surface area contributed by atoms with E-state index in [-0.39, 0.29) is 11.6 Å². The van der Waals surface area contributed by atoms with Crippen molar-refractivity contribution in [2.24, 2.45) is 0 Å². The monoisotopic (exact) mass is 302 g/mol. The maximum atomic E-state index is 12.5. The second-order valence-electron chi connectivity index (χ2n) is 5.30. The Kier molecular flexibility index (Phi) is 2.98. The number of benzene rings is 2. The van der Waals surface area contributed by atoms with E-state index in [1.165, 1.54) is 0 Å². The molecular formula is C18H14N4O. The van der Waals surface area contributed by atoms with Crippen LogP contribution in [0, 0.1) is 0 Å². The lowest BCUT2D eigenvalue weighted by Crippen LogP contribution is -2.15. The lowest BCUT2D eigenvalue weighted by Gasteiger charge is -2.07. The van der Waals surface area contributed by atoms with Gasteiger partial charge in [-0.15, -0.1) is 0 Å². The Morgan fingerprint density at radius 1 is 1.00 bits per heavy atom. The molecule has 0 radical (unpaired) electrons. The van der Waals surface area contributed by atoms with Crippen LogP contribution < -0.4 is 11.1 Å². The van der Waals surface area contributed by atoms with Gasteiger partial charge < -0.3 is 16.0 Å². The average molecular weight is 302 g/mol. The molecular weight excluding hydrogens is 288 g/mol. The number of carbonyl (C=O) groups is 1. The minimum absolute atomic E-state index is 0.228. The summed E-state index contributed by atoms with van der Waals surface area (Å²) in [5.74, 6) is -0.319. The fourth-order valence-corrected chi connectivity index (χ4v) is 2.76.